The predicted octanol–water partition coefficient (Wildman–Crippen LogP) is 4.26. The first-order valence-electron chi connectivity index (χ1n) is 9.60. The number of nitrogens with zero attached hydrogens (tertiary/aromatic N) is 1. The summed E-state index contributed by atoms with van der Waals surface area (Å²) in [5.41, 5.74) is 2.15. The van der Waals surface area contributed by atoms with Crippen LogP contribution in [0, 0.1) is 5.92 Å². The SMILES string of the molecule is CCCC(=NOCC=CCl)C1=C(OC(C)=O)CC(CC(C)S(=O)CC)CC1=O. The number of hydrogen-bond acceptors (Lipinski definition) is 6. The van der Waals surface area contributed by atoms with Crippen molar-refractivity contribution in [2.24, 2.45) is 11.1 Å². The van der Waals surface area contributed by atoms with Crippen LogP contribution >= 0.6 is 11.6 Å². The van der Waals surface area contributed by atoms with Crippen LogP contribution in [0.1, 0.15) is 59.8 Å². The Morgan fingerprint density at radius 1 is 1.39 bits per heavy atom. The molecule has 0 spiro atoms. The molecule has 6 nitrogen and oxygen atoms in total. The lowest BCUT2D eigenvalue weighted by molar-refractivity contribution is -0.137. The van der Waals surface area contributed by atoms with Gasteiger partial charge in [-0.3, -0.25) is 13.8 Å². The highest BCUT2D eigenvalue weighted by Crippen LogP contribution is 2.33. The van der Waals surface area contributed by atoms with Gasteiger partial charge in [0, 0.05) is 47.1 Å². The minimum absolute atomic E-state index is 0.0147. The molecule has 0 aromatic carbocycles. The molecule has 3 unspecified atom stereocenters. The van der Waals surface area contributed by atoms with Crippen molar-refractivity contribution in [2.45, 2.75) is 65.0 Å². The van der Waals surface area contributed by atoms with Gasteiger partial charge in [-0.2, -0.15) is 0 Å². The molecule has 0 N–H and O–H groups in total. The monoisotopic (exact) mass is 431 g/mol. The van der Waals surface area contributed by atoms with Gasteiger partial charge in [-0.25, -0.2) is 0 Å². The van der Waals surface area contributed by atoms with Gasteiger partial charge >= 0.3 is 5.97 Å². The molecule has 0 bridgehead atoms. The highest BCUT2D eigenvalue weighted by atomic mass is 35.5. The van der Waals surface area contributed by atoms with E-state index in [4.69, 9.17) is 21.2 Å². The lowest BCUT2D eigenvalue weighted by Gasteiger charge is -2.27. The standard InChI is InChI=1S/C20H30ClNO5S/c1-5-8-17(22-26-10-7-9-21)20-18(24)12-16(11-14(3)28(25)6-2)13-19(20)27-15(4)23/h7,9,14,16H,5-6,8,10-13H2,1-4H3. The molecule has 0 aromatic rings. The molecule has 3 atom stereocenters. The molecule has 0 saturated carbocycles. The summed E-state index contributed by atoms with van der Waals surface area (Å²) in [7, 11) is -0.930. The van der Waals surface area contributed by atoms with E-state index >= 15 is 0 Å². The van der Waals surface area contributed by atoms with Gasteiger partial charge in [-0.05, 0) is 24.8 Å². The third-order valence-electron chi connectivity index (χ3n) is 4.38. The van der Waals surface area contributed by atoms with Gasteiger partial charge < -0.3 is 9.57 Å². The van der Waals surface area contributed by atoms with Gasteiger partial charge in [0.25, 0.3) is 0 Å². The summed E-state index contributed by atoms with van der Waals surface area (Å²) in [5.74, 6) is 0.311. The van der Waals surface area contributed by atoms with Crippen molar-refractivity contribution in [3.63, 3.8) is 0 Å². The van der Waals surface area contributed by atoms with Gasteiger partial charge in [-0.1, -0.05) is 43.9 Å². The van der Waals surface area contributed by atoms with E-state index in [1.165, 1.54) is 12.5 Å². The first-order valence-corrected chi connectivity index (χ1v) is 11.4. The Balaban J connectivity index is 3.15. The van der Waals surface area contributed by atoms with Crippen LogP contribution in [0.4, 0.5) is 0 Å². The predicted molar refractivity (Wildman–Crippen MR) is 113 cm³/mol. The molecule has 28 heavy (non-hydrogen) atoms. The number of esters is 1. The first-order chi connectivity index (χ1) is 13.3. The Labute approximate surface area is 174 Å². The Bertz CT molecular complexity index is 672. The molecule has 1 aliphatic carbocycles. The smallest absolute Gasteiger partial charge is 0.307 e. The lowest BCUT2D eigenvalue weighted by atomic mass is 9.82. The number of rotatable bonds is 11. The van der Waals surface area contributed by atoms with E-state index in [1.54, 1.807) is 6.08 Å². The number of hydrogen-bond donors (Lipinski definition) is 0. The van der Waals surface area contributed by atoms with Gasteiger partial charge in [0.15, 0.2) is 5.78 Å². The normalized spacial score (nSPS) is 20.4. The second kappa shape index (κ2) is 12.9. The van der Waals surface area contributed by atoms with Gasteiger partial charge in [0.05, 0.1) is 11.3 Å². The van der Waals surface area contributed by atoms with Crippen molar-refractivity contribution >= 4 is 39.9 Å². The van der Waals surface area contributed by atoms with Crippen molar-refractivity contribution in [3.05, 3.63) is 22.9 Å². The van der Waals surface area contributed by atoms with Crippen molar-refractivity contribution < 1.29 is 23.4 Å². The fraction of sp³-hybridized carbons (Fsp3) is 0.650. The number of carbonyl (C=O) groups excluding carboxylic acids is 2. The van der Waals surface area contributed by atoms with E-state index in [1.807, 2.05) is 20.8 Å². The summed E-state index contributed by atoms with van der Waals surface area (Å²) in [6, 6.07) is 0. The summed E-state index contributed by atoms with van der Waals surface area (Å²) >= 11 is 5.47. The number of ether oxygens (including phenoxy) is 1. The molecule has 158 valence electrons. The van der Waals surface area contributed by atoms with Crippen molar-refractivity contribution in [3.8, 4) is 0 Å². The maximum atomic E-state index is 12.9. The van der Waals surface area contributed by atoms with E-state index in [0.29, 0.717) is 48.5 Å². The molecule has 0 aromatic heterocycles. The highest BCUT2D eigenvalue weighted by Gasteiger charge is 2.33. The van der Waals surface area contributed by atoms with Crippen LogP contribution in [0.25, 0.3) is 0 Å². The molecule has 8 heteroatoms. The summed E-state index contributed by atoms with van der Waals surface area (Å²) in [6.45, 7) is 7.28. The minimum Gasteiger partial charge on any atom is -0.430 e. The third-order valence-corrected chi connectivity index (χ3v) is 6.22. The number of Topliss-reactive ketones (excluding diaryl/α,β-unsaturated/α-hetero) is 1. The van der Waals surface area contributed by atoms with Crippen LogP contribution in [0.3, 0.4) is 0 Å². The van der Waals surface area contributed by atoms with E-state index < -0.39 is 16.8 Å². The molecule has 0 saturated heterocycles. The molecule has 0 radical (unpaired) electrons. The quantitative estimate of drug-likeness (QED) is 0.211. The molecule has 0 fully saturated rings. The summed E-state index contributed by atoms with van der Waals surface area (Å²) in [4.78, 5) is 29.8. The molecule has 1 aliphatic rings. The Morgan fingerprint density at radius 3 is 2.68 bits per heavy atom. The second-order valence-electron chi connectivity index (χ2n) is 6.75. The van der Waals surface area contributed by atoms with Crippen LogP contribution in [0.15, 0.2) is 28.1 Å². The average Bonchev–Trinajstić information content (AvgIpc) is 2.63. The van der Waals surface area contributed by atoms with Crippen LogP contribution in [0.2, 0.25) is 0 Å². The number of ketones is 1. The molecule has 0 aliphatic heterocycles. The van der Waals surface area contributed by atoms with Crippen molar-refractivity contribution in [2.75, 3.05) is 12.4 Å². The summed E-state index contributed by atoms with van der Waals surface area (Å²) in [5, 5.41) is 4.08. The van der Waals surface area contributed by atoms with Crippen LogP contribution in [0.5, 0.6) is 0 Å². The van der Waals surface area contributed by atoms with E-state index in [-0.39, 0.29) is 23.6 Å². The van der Waals surface area contributed by atoms with E-state index in [2.05, 4.69) is 5.16 Å². The number of halogens is 1. The van der Waals surface area contributed by atoms with Crippen LogP contribution in [-0.4, -0.2) is 39.3 Å². The topological polar surface area (TPSA) is 82.0 Å². The van der Waals surface area contributed by atoms with Crippen molar-refractivity contribution in [1.29, 1.82) is 0 Å². The van der Waals surface area contributed by atoms with Crippen molar-refractivity contribution in [1.82, 2.24) is 0 Å². The van der Waals surface area contributed by atoms with Crippen LogP contribution in [-0.2, 0) is 30.0 Å². The fourth-order valence-electron chi connectivity index (χ4n) is 3.22. The number of allylic oxidation sites excluding steroid dienone is 2. The maximum Gasteiger partial charge on any atom is 0.307 e. The summed E-state index contributed by atoms with van der Waals surface area (Å²) < 4.78 is 17.4. The highest BCUT2D eigenvalue weighted by molar-refractivity contribution is 7.85. The van der Waals surface area contributed by atoms with E-state index in [9.17, 15) is 13.8 Å². The Kier molecular flexibility index (Phi) is 11.3. The number of carbonyl (C=O) groups is 2. The number of oxime groups is 1. The van der Waals surface area contributed by atoms with Crippen LogP contribution < -0.4 is 0 Å². The van der Waals surface area contributed by atoms with Gasteiger partial charge in [0.1, 0.15) is 12.4 Å². The molecule has 1 rings (SSSR count). The second-order valence-corrected chi connectivity index (χ2v) is 9.15. The average molecular weight is 432 g/mol. The zero-order chi connectivity index (χ0) is 21.1. The summed E-state index contributed by atoms with van der Waals surface area (Å²) in [6.07, 6.45) is 4.27. The first kappa shape index (κ1) is 24.6. The molecular formula is C20H30ClNO5S. The largest absolute Gasteiger partial charge is 0.430 e. The molecule has 0 heterocycles. The van der Waals surface area contributed by atoms with Gasteiger partial charge in [-0.15, -0.1) is 0 Å². The zero-order valence-electron chi connectivity index (χ0n) is 17.0. The Hall–Kier alpha value is -1.47. The zero-order valence-corrected chi connectivity index (χ0v) is 18.6. The van der Waals surface area contributed by atoms with Gasteiger partial charge in [0.2, 0.25) is 0 Å². The molecule has 0 amide bonds. The Morgan fingerprint density at radius 2 is 2.11 bits per heavy atom. The fourth-order valence-corrected chi connectivity index (χ4v) is 4.35. The molecular weight excluding hydrogens is 402 g/mol. The minimum atomic E-state index is -0.930. The lowest BCUT2D eigenvalue weighted by Crippen LogP contribution is -2.29. The van der Waals surface area contributed by atoms with E-state index in [0.717, 1.165) is 6.42 Å². The third kappa shape index (κ3) is 7.87. The maximum absolute atomic E-state index is 12.9.